The number of benzene rings is 1. The molecule has 0 saturated heterocycles. The molecule has 6 heteroatoms. The summed E-state index contributed by atoms with van der Waals surface area (Å²) in [6, 6.07) is 7.42. The van der Waals surface area contributed by atoms with Crippen LogP contribution in [0, 0.1) is 6.92 Å². The van der Waals surface area contributed by atoms with Crippen LogP contribution >= 0.6 is 0 Å². The van der Waals surface area contributed by atoms with Crippen LogP contribution in [0.1, 0.15) is 25.3 Å². The number of aryl methyl sites for hydroxylation is 1. The first kappa shape index (κ1) is 19.0. The van der Waals surface area contributed by atoms with E-state index in [1.165, 1.54) is 4.90 Å². The standard InChI is InChI=1S/C17H25NO5/c1-3-22-17(21)9-11-18(10-4-12-19)16(20)13-23-15-7-5-14(2)6-8-15/h5-8,19H,3-4,9-13H2,1-2H3. The van der Waals surface area contributed by atoms with E-state index in [2.05, 4.69) is 0 Å². The smallest absolute Gasteiger partial charge is 0.307 e. The summed E-state index contributed by atoms with van der Waals surface area (Å²) in [4.78, 5) is 25.2. The highest BCUT2D eigenvalue weighted by Gasteiger charge is 2.16. The van der Waals surface area contributed by atoms with Gasteiger partial charge in [-0.3, -0.25) is 9.59 Å². The zero-order chi connectivity index (χ0) is 17.1. The highest BCUT2D eigenvalue weighted by Crippen LogP contribution is 2.11. The largest absolute Gasteiger partial charge is 0.484 e. The Morgan fingerprint density at radius 1 is 1.17 bits per heavy atom. The van der Waals surface area contributed by atoms with Crippen molar-refractivity contribution in [1.82, 2.24) is 4.90 Å². The second-order valence-electron chi connectivity index (χ2n) is 5.11. The summed E-state index contributed by atoms with van der Waals surface area (Å²) >= 11 is 0. The van der Waals surface area contributed by atoms with E-state index in [-0.39, 0.29) is 38.1 Å². The van der Waals surface area contributed by atoms with Crippen molar-refractivity contribution in [1.29, 1.82) is 0 Å². The third-order valence-electron chi connectivity index (χ3n) is 3.21. The fourth-order valence-electron chi connectivity index (χ4n) is 1.95. The van der Waals surface area contributed by atoms with Gasteiger partial charge in [0.05, 0.1) is 13.0 Å². The average molecular weight is 323 g/mol. The van der Waals surface area contributed by atoms with Gasteiger partial charge in [-0.15, -0.1) is 0 Å². The van der Waals surface area contributed by atoms with Crippen molar-refractivity contribution in [3.8, 4) is 5.75 Å². The lowest BCUT2D eigenvalue weighted by Gasteiger charge is -2.22. The van der Waals surface area contributed by atoms with Crippen molar-refractivity contribution in [3.63, 3.8) is 0 Å². The number of nitrogens with zero attached hydrogens (tertiary/aromatic N) is 1. The topological polar surface area (TPSA) is 76.1 Å². The predicted octanol–water partition coefficient (Wildman–Crippen LogP) is 1.54. The van der Waals surface area contributed by atoms with Crippen molar-refractivity contribution in [2.45, 2.75) is 26.7 Å². The molecule has 0 aliphatic carbocycles. The van der Waals surface area contributed by atoms with Gasteiger partial charge in [-0.05, 0) is 32.4 Å². The summed E-state index contributed by atoms with van der Waals surface area (Å²) in [7, 11) is 0. The lowest BCUT2D eigenvalue weighted by atomic mass is 10.2. The molecule has 0 saturated carbocycles. The summed E-state index contributed by atoms with van der Waals surface area (Å²) in [5, 5.41) is 8.93. The molecule has 0 unspecified atom stereocenters. The molecule has 0 radical (unpaired) electrons. The van der Waals surface area contributed by atoms with Crippen LogP contribution in [0.15, 0.2) is 24.3 Å². The molecule has 23 heavy (non-hydrogen) atoms. The molecular formula is C17H25NO5. The molecule has 1 N–H and O–H groups in total. The van der Waals surface area contributed by atoms with Gasteiger partial charge in [0, 0.05) is 19.7 Å². The van der Waals surface area contributed by atoms with Crippen LogP contribution in [0.2, 0.25) is 0 Å². The van der Waals surface area contributed by atoms with E-state index in [0.717, 1.165) is 5.56 Å². The van der Waals surface area contributed by atoms with Crippen molar-refractivity contribution in [3.05, 3.63) is 29.8 Å². The lowest BCUT2D eigenvalue weighted by Crippen LogP contribution is -2.37. The zero-order valence-electron chi connectivity index (χ0n) is 13.8. The lowest BCUT2D eigenvalue weighted by molar-refractivity contribution is -0.144. The minimum absolute atomic E-state index is 0.0119. The molecule has 0 bridgehead atoms. The Balaban J connectivity index is 2.49. The Bertz CT molecular complexity index is 486. The monoisotopic (exact) mass is 323 g/mol. The molecule has 1 aromatic rings. The van der Waals surface area contributed by atoms with Crippen LogP contribution in [-0.2, 0) is 14.3 Å². The van der Waals surface area contributed by atoms with Gasteiger partial charge in [0.25, 0.3) is 5.91 Å². The van der Waals surface area contributed by atoms with Gasteiger partial charge in [-0.25, -0.2) is 0 Å². The van der Waals surface area contributed by atoms with E-state index in [9.17, 15) is 9.59 Å². The van der Waals surface area contributed by atoms with E-state index in [1.807, 2.05) is 19.1 Å². The summed E-state index contributed by atoms with van der Waals surface area (Å²) in [5.74, 6) is 0.0634. The first-order valence-electron chi connectivity index (χ1n) is 7.80. The van der Waals surface area contributed by atoms with Gasteiger partial charge < -0.3 is 19.5 Å². The number of esters is 1. The molecule has 0 atom stereocenters. The maximum absolute atomic E-state index is 12.2. The quantitative estimate of drug-likeness (QED) is 0.661. The fraction of sp³-hybridized carbons (Fsp3) is 0.529. The predicted molar refractivity (Wildman–Crippen MR) is 86.2 cm³/mol. The van der Waals surface area contributed by atoms with Gasteiger partial charge in [0.2, 0.25) is 0 Å². The highest BCUT2D eigenvalue weighted by atomic mass is 16.5. The van der Waals surface area contributed by atoms with Crippen LogP contribution in [-0.4, -0.2) is 54.8 Å². The van der Waals surface area contributed by atoms with Crippen LogP contribution < -0.4 is 4.74 Å². The Morgan fingerprint density at radius 3 is 2.48 bits per heavy atom. The normalized spacial score (nSPS) is 10.2. The minimum atomic E-state index is -0.339. The molecule has 128 valence electrons. The van der Waals surface area contributed by atoms with Crippen molar-refractivity contribution in [2.24, 2.45) is 0 Å². The molecule has 1 rings (SSSR count). The third-order valence-corrected chi connectivity index (χ3v) is 3.21. The van der Waals surface area contributed by atoms with Gasteiger partial charge in [0.15, 0.2) is 6.61 Å². The number of rotatable bonds is 10. The van der Waals surface area contributed by atoms with Crippen molar-refractivity contribution < 1.29 is 24.2 Å². The number of hydrogen-bond donors (Lipinski definition) is 1. The number of ether oxygens (including phenoxy) is 2. The Hall–Kier alpha value is -2.08. The summed E-state index contributed by atoms with van der Waals surface area (Å²) < 4.78 is 10.3. The molecule has 0 spiro atoms. The van der Waals surface area contributed by atoms with E-state index in [0.29, 0.717) is 25.3 Å². The van der Waals surface area contributed by atoms with Gasteiger partial charge >= 0.3 is 5.97 Å². The Labute approximate surface area is 137 Å². The molecule has 0 aliphatic heterocycles. The maximum atomic E-state index is 12.2. The van der Waals surface area contributed by atoms with Gasteiger partial charge in [-0.1, -0.05) is 17.7 Å². The molecule has 0 aromatic heterocycles. The van der Waals surface area contributed by atoms with Crippen molar-refractivity contribution in [2.75, 3.05) is 32.9 Å². The minimum Gasteiger partial charge on any atom is -0.484 e. The van der Waals surface area contributed by atoms with Crippen LogP contribution in [0.5, 0.6) is 5.75 Å². The van der Waals surface area contributed by atoms with Crippen molar-refractivity contribution >= 4 is 11.9 Å². The number of hydrogen-bond acceptors (Lipinski definition) is 5. The molecule has 0 fully saturated rings. The molecule has 1 aromatic carbocycles. The first-order chi connectivity index (χ1) is 11.1. The van der Waals surface area contributed by atoms with E-state index >= 15 is 0 Å². The molecule has 0 aliphatic rings. The maximum Gasteiger partial charge on any atom is 0.307 e. The second kappa shape index (κ2) is 10.6. The highest BCUT2D eigenvalue weighted by molar-refractivity contribution is 5.78. The van der Waals surface area contributed by atoms with Crippen LogP contribution in [0.25, 0.3) is 0 Å². The number of amides is 1. The molecule has 1 amide bonds. The number of carbonyl (C=O) groups excluding carboxylic acids is 2. The van der Waals surface area contributed by atoms with Crippen LogP contribution in [0.3, 0.4) is 0 Å². The van der Waals surface area contributed by atoms with E-state index in [4.69, 9.17) is 14.6 Å². The van der Waals surface area contributed by atoms with E-state index in [1.54, 1.807) is 19.1 Å². The number of aliphatic hydroxyl groups excluding tert-OH is 1. The summed E-state index contributed by atoms with van der Waals surface area (Å²) in [6.45, 7) is 4.56. The molecule has 6 nitrogen and oxygen atoms in total. The second-order valence-corrected chi connectivity index (χ2v) is 5.11. The van der Waals surface area contributed by atoms with Gasteiger partial charge in [-0.2, -0.15) is 0 Å². The fourth-order valence-corrected chi connectivity index (χ4v) is 1.95. The summed E-state index contributed by atoms with van der Waals surface area (Å²) in [6.07, 6.45) is 0.592. The zero-order valence-corrected chi connectivity index (χ0v) is 13.8. The number of aliphatic hydroxyl groups is 1. The SMILES string of the molecule is CCOC(=O)CCN(CCCO)C(=O)COc1ccc(C)cc1. The van der Waals surface area contributed by atoms with Gasteiger partial charge in [0.1, 0.15) is 5.75 Å². The third kappa shape index (κ3) is 7.65. The first-order valence-corrected chi connectivity index (χ1v) is 7.80. The summed E-state index contributed by atoms with van der Waals surface area (Å²) in [5.41, 5.74) is 1.11. The van der Waals surface area contributed by atoms with Crippen LogP contribution in [0.4, 0.5) is 0 Å². The molecule has 0 heterocycles. The Morgan fingerprint density at radius 2 is 1.87 bits per heavy atom. The number of carbonyl (C=O) groups is 2. The molecular weight excluding hydrogens is 298 g/mol. The average Bonchev–Trinajstić information content (AvgIpc) is 2.54. The van der Waals surface area contributed by atoms with E-state index < -0.39 is 0 Å². The Kier molecular flexibility index (Phi) is 8.75.